The molecule has 234 valence electrons. The predicted octanol–water partition coefficient (Wildman–Crippen LogP) is 11.1. The maximum Gasteiger partial charge on any atom is 0.238 e. The van der Waals surface area contributed by atoms with E-state index in [9.17, 15) is 0 Å². The second-order valence-electron chi connectivity index (χ2n) is 12.5. The van der Waals surface area contributed by atoms with Crippen LogP contribution in [0.3, 0.4) is 0 Å². The summed E-state index contributed by atoms with van der Waals surface area (Å²) in [5.74, 6) is 1.79. The summed E-state index contributed by atoms with van der Waals surface area (Å²) in [6.45, 7) is 0. The third-order valence-electron chi connectivity index (χ3n) is 9.61. The minimum atomic E-state index is 0.572. The smallest absolute Gasteiger partial charge is 0.238 e. The van der Waals surface area contributed by atoms with E-state index in [2.05, 4.69) is 167 Å². The summed E-state index contributed by atoms with van der Waals surface area (Å²) in [7, 11) is 0. The lowest BCUT2D eigenvalue weighted by Gasteiger charge is -2.18. The van der Waals surface area contributed by atoms with Gasteiger partial charge >= 0.3 is 0 Å². The van der Waals surface area contributed by atoms with Crippen molar-refractivity contribution in [3.8, 4) is 45.5 Å². The normalized spacial score (nSPS) is 11.6. The highest BCUT2D eigenvalue weighted by Gasteiger charge is 2.23. The molecule has 0 bridgehead atoms. The maximum absolute atomic E-state index is 5.42. The number of para-hydroxylation sites is 4. The van der Waals surface area contributed by atoms with Crippen LogP contribution in [-0.4, -0.2) is 24.1 Å². The standard InChI is InChI=1S/C45H29N5/c1-3-16-30(17-4-1)32-24-15-29-41(49-37-25-11-7-20-33(37)34-21-8-12-26-38(34)49)42(32)44-46-43(31-18-5-2-6-19-31)47-45(48-44)50-39-27-13-9-22-35(39)36-23-10-14-28-40(36)50/h1-29H. The van der Waals surface area contributed by atoms with Crippen LogP contribution in [0.1, 0.15) is 0 Å². The molecule has 3 aromatic heterocycles. The van der Waals surface area contributed by atoms with E-state index in [1.165, 1.54) is 10.8 Å². The molecule has 0 spiro atoms. The Hall–Kier alpha value is -6.85. The third kappa shape index (κ3) is 4.37. The van der Waals surface area contributed by atoms with Crippen LogP contribution in [0.2, 0.25) is 0 Å². The first-order valence-corrected chi connectivity index (χ1v) is 16.8. The van der Waals surface area contributed by atoms with Crippen molar-refractivity contribution < 1.29 is 0 Å². The Labute approximate surface area is 288 Å². The van der Waals surface area contributed by atoms with E-state index in [0.29, 0.717) is 17.6 Å². The van der Waals surface area contributed by atoms with Gasteiger partial charge in [-0.15, -0.1) is 0 Å². The van der Waals surface area contributed by atoms with Gasteiger partial charge in [0.15, 0.2) is 11.6 Å². The van der Waals surface area contributed by atoms with E-state index < -0.39 is 0 Å². The number of benzene rings is 7. The fourth-order valence-electron chi connectivity index (χ4n) is 7.43. The Balaban J connectivity index is 1.35. The summed E-state index contributed by atoms with van der Waals surface area (Å²) in [5.41, 5.74) is 9.34. The second-order valence-corrected chi connectivity index (χ2v) is 12.5. The molecule has 0 saturated carbocycles. The lowest BCUT2D eigenvalue weighted by molar-refractivity contribution is 0.952. The van der Waals surface area contributed by atoms with Crippen LogP contribution in [0.15, 0.2) is 176 Å². The van der Waals surface area contributed by atoms with Gasteiger partial charge in [-0.2, -0.15) is 9.97 Å². The highest BCUT2D eigenvalue weighted by Crippen LogP contribution is 2.41. The van der Waals surface area contributed by atoms with Crippen molar-refractivity contribution in [3.05, 3.63) is 176 Å². The Morgan fingerprint density at radius 2 is 0.760 bits per heavy atom. The SMILES string of the molecule is c1ccc(-c2nc(-c3c(-c4ccccc4)cccc3-n3c4ccccc4c4ccccc43)nc(-n3c4ccccc4c4ccccc43)n2)cc1. The molecule has 7 aromatic carbocycles. The molecule has 0 aliphatic heterocycles. The highest BCUT2D eigenvalue weighted by atomic mass is 15.2. The Bertz CT molecular complexity index is 2760. The molecule has 0 saturated heterocycles. The molecule has 0 radical (unpaired) electrons. The van der Waals surface area contributed by atoms with Crippen molar-refractivity contribution in [2.45, 2.75) is 0 Å². The minimum absolute atomic E-state index is 0.572. The van der Waals surface area contributed by atoms with Crippen molar-refractivity contribution in [1.29, 1.82) is 0 Å². The monoisotopic (exact) mass is 639 g/mol. The first-order chi connectivity index (χ1) is 24.8. The Morgan fingerprint density at radius 3 is 1.30 bits per heavy atom. The molecule has 5 nitrogen and oxygen atoms in total. The highest BCUT2D eigenvalue weighted by molar-refractivity contribution is 6.10. The lowest BCUT2D eigenvalue weighted by atomic mass is 9.97. The number of rotatable bonds is 5. The van der Waals surface area contributed by atoms with Crippen molar-refractivity contribution in [2.24, 2.45) is 0 Å². The van der Waals surface area contributed by atoms with Crippen LogP contribution < -0.4 is 0 Å². The van der Waals surface area contributed by atoms with Gasteiger partial charge in [-0.1, -0.05) is 146 Å². The van der Waals surface area contributed by atoms with E-state index in [-0.39, 0.29) is 0 Å². The van der Waals surface area contributed by atoms with Gasteiger partial charge in [0.05, 0.1) is 33.3 Å². The second kappa shape index (κ2) is 11.4. The Morgan fingerprint density at radius 1 is 0.320 bits per heavy atom. The average molecular weight is 640 g/mol. The van der Waals surface area contributed by atoms with Crippen LogP contribution in [0.25, 0.3) is 89.2 Å². The molecule has 0 N–H and O–H groups in total. The van der Waals surface area contributed by atoms with E-state index in [0.717, 1.165) is 60.8 Å². The van der Waals surface area contributed by atoms with E-state index >= 15 is 0 Å². The van der Waals surface area contributed by atoms with E-state index in [4.69, 9.17) is 15.0 Å². The molecule has 50 heavy (non-hydrogen) atoms. The zero-order valence-corrected chi connectivity index (χ0v) is 27.0. The van der Waals surface area contributed by atoms with Crippen molar-refractivity contribution in [2.75, 3.05) is 0 Å². The van der Waals surface area contributed by atoms with Crippen LogP contribution in [0.5, 0.6) is 0 Å². The summed E-state index contributed by atoms with van der Waals surface area (Å²) >= 11 is 0. The molecule has 5 heteroatoms. The molecule has 0 amide bonds. The molecule has 0 fully saturated rings. The van der Waals surface area contributed by atoms with Crippen molar-refractivity contribution in [3.63, 3.8) is 0 Å². The summed E-state index contributed by atoms with van der Waals surface area (Å²) in [6, 6.07) is 61.4. The summed E-state index contributed by atoms with van der Waals surface area (Å²) in [5, 5.41) is 4.71. The lowest BCUT2D eigenvalue weighted by Crippen LogP contribution is -2.08. The zero-order valence-electron chi connectivity index (χ0n) is 27.0. The van der Waals surface area contributed by atoms with Gasteiger partial charge < -0.3 is 4.57 Å². The third-order valence-corrected chi connectivity index (χ3v) is 9.61. The van der Waals surface area contributed by atoms with Crippen molar-refractivity contribution >= 4 is 43.6 Å². The van der Waals surface area contributed by atoms with Gasteiger partial charge in [-0.05, 0) is 41.5 Å². The zero-order chi connectivity index (χ0) is 33.0. The largest absolute Gasteiger partial charge is 0.308 e. The first kappa shape index (κ1) is 28.2. The van der Waals surface area contributed by atoms with Gasteiger partial charge in [-0.3, -0.25) is 4.57 Å². The Kier molecular flexibility index (Phi) is 6.42. The molecule has 3 heterocycles. The number of fused-ring (bicyclic) bond motifs is 6. The van der Waals surface area contributed by atoms with Gasteiger partial charge in [-0.25, -0.2) is 4.98 Å². The molecule has 0 unspecified atom stereocenters. The first-order valence-electron chi connectivity index (χ1n) is 16.8. The van der Waals surface area contributed by atoms with Crippen LogP contribution in [0.4, 0.5) is 0 Å². The van der Waals surface area contributed by atoms with E-state index in [1.54, 1.807) is 0 Å². The maximum atomic E-state index is 5.42. The molecular formula is C45H29N5. The summed E-state index contributed by atoms with van der Waals surface area (Å²) < 4.78 is 4.53. The number of nitrogens with zero attached hydrogens (tertiary/aromatic N) is 5. The average Bonchev–Trinajstić information content (AvgIpc) is 3.71. The predicted molar refractivity (Wildman–Crippen MR) is 205 cm³/mol. The molecule has 0 aliphatic rings. The van der Waals surface area contributed by atoms with Gasteiger partial charge in [0, 0.05) is 27.1 Å². The van der Waals surface area contributed by atoms with Gasteiger partial charge in [0.25, 0.3) is 0 Å². The topological polar surface area (TPSA) is 48.5 Å². The molecule has 10 rings (SSSR count). The number of aromatic nitrogens is 5. The fourth-order valence-corrected chi connectivity index (χ4v) is 7.43. The quantitative estimate of drug-likeness (QED) is 0.188. The van der Waals surface area contributed by atoms with Crippen molar-refractivity contribution in [1.82, 2.24) is 24.1 Å². The van der Waals surface area contributed by atoms with Crippen LogP contribution >= 0.6 is 0 Å². The minimum Gasteiger partial charge on any atom is -0.308 e. The molecule has 10 aromatic rings. The fraction of sp³-hybridized carbons (Fsp3) is 0. The van der Waals surface area contributed by atoms with Gasteiger partial charge in [0.2, 0.25) is 5.95 Å². The number of hydrogen-bond donors (Lipinski definition) is 0. The van der Waals surface area contributed by atoms with Gasteiger partial charge in [0.1, 0.15) is 0 Å². The summed E-state index contributed by atoms with van der Waals surface area (Å²) in [4.78, 5) is 15.9. The molecule has 0 atom stereocenters. The molecular weight excluding hydrogens is 611 g/mol. The van der Waals surface area contributed by atoms with Crippen LogP contribution in [0, 0.1) is 0 Å². The van der Waals surface area contributed by atoms with E-state index in [1.807, 2.05) is 18.2 Å². The van der Waals surface area contributed by atoms with Crippen LogP contribution in [-0.2, 0) is 0 Å². The molecule has 0 aliphatic carbocycles. The number of hydrogen-bond acceptors (Lipinski definition) is 3. The summed E-state index contributed by atoms with van der Waals surface area (Å²) in [6.07, 6.45) is 0.